The van der Waals surface area contributed by atoms with Gasteiger partial charge in [0.25, 0.3) is 5.91 Å². The van der Waals surface area contributed by atoms with Crippen LogP contribution in [0.4, 0.5) is 17.2 Å². The van der Waals surface area contributed by atoms with E-state index in [-0.39, 0.29) is 5.91 Å². The standard InChI is InChI=1S/C27H27N7O/c1-34-11-8-17(9-12-34)23-16-29-24-7-6-19(13-22(23)24)32-27(35)21-3-2-10-28-26(21)31-20-5-4-18-15-30-33-25(18)14-20/h2-7,10,13-17,29H,8-9,11-12H2,1H3,(H,28,31)(H,30,33)(H,32,35). The van der Waals surface area contributed by atoms with Gasteiger partial charge < -0.3 is 20.5 Å². The van der Waals surface area contributed by atoms with Crippen LogP contribution in [0.15, 0.2) is 67.1 Å². The lowest BCUT2D eigenvalue weighted by Gasteiger charge is -2.28. The molecule has 35 heavy (non-hydrogen) atoms. The Balaban J connectivity index is 1.24. The zero-order chi connectivity index (χ0) is 23.8. The molecule has 1 aliphatic rings. The fourth-order valence-electron chi connectivity index (χ4n) is 4.92. The Morgan fingerprint density at radius 1 is 1.06 bits per heavy atom. The molecule has 1 saturated heterocycles. The second kappa shape index (κ2) is 8.88. The molecule has 5 aromatic rings. The van der Waals surface area contributed by atoms with Crippen LogP contribution in [0.3, 0.4) is 0 Å². The van der Waals surface area contributed by atoms with E-state index in [0.717, 1.165) is 53.7 Å². The molecule has 0 aliphatic carbocycles. The van der Waals surface area contributed by atoms with Gasteiger partial charge in [0.2, 0.25) is 0 Å². The number of carbonyl (C=O) groups is 1. The minimum Gasteiger partial charge on any atom is -0.361 e. The number of fused-ring (bicyclic) bond motifs is 2. The first-order valence-corrected chi connectivity index (χ1v) is 11.9. The molecule has 8 nitrogen and oxygen atoms in total. The Hall–Kier alpha value is -4.17. The third kappa shape index (κ3) is 4.24. The predicted molar refractivity (Wildman–Crippen MR) is 139 cm³/mol. The van der Waals surface area contributed by atoms with Crippen LogP contribution in [0.25, 0.3) is 21.8 Å². The largest absolute Gasteiger partial charge is 0.361 e. The predicted octanol–water partition coefficient (Wildman–Crippen LogP) is 5.24. The summed E-state index contributed by atoms with van der Waals surface area (Å²) in [6.07, 6.45) is 7.88. The van der Waals surface area contributed by atoms with E-state index in [9.17, 15) is 4.79 Å². The first kappa shape index (κ1) is 21.4. The molecular weight excluding hydrogens is 438 g/mol. The normalized spacial score (nSPS) is 15.0. The second-order valence-electron chi connectivity index (χ2n) is 9.23. The van der Waals surface area contributed by atoms with Crippen molar-refractivity contribution in [3.8, 4) is 0 Å². The highest BCUT2D eigenvalue weighted by Gasteiger charge is 2.21. The fraction of sp³-hybridized carbons (Fsp3) is 0.222. The molecule has 4 N–H and O–H groups in total. The maximum Gasteiger partial charge on any atom is 0.259 e. The Morgan fingerprint density at radius 3 is 2.80 bits per heavy atom. The molecule has 1 amide bonds. The number of likely N-dealkylation sites (tertiary alicyclic amines) is 1. The van der Waals surface area contributed by atoms with Crippen LogP contribution in [0, 0.1) is 0 Å². The number of benzene rings is 2. The van der Waals surface area contributed by atoms with Crippen LogP contribution in [0.1, 0.15) is 34.7 Å². The van der Waals surface area contributed by atoms with Gasteiger partial charge in [0.1, 0.15) is 5.82 Å². The topological polar surface area (TPSA) is 102 Å². The molecule has 0 saturated carbocycles. The van der Waals surface area contributed by atoms with Gasteiger partial charge >= 0.3 is 0 Å². The molecule has 1 fully saturated rings. The summed E-state index contributed by atoms with van der Waals surface area (Å²) in [6, 6.07) is 15.5. The summed E-state index contributed by atoms with van der Waals surface area (Å²) >= 11 is 0. The molecule has 4 heterocycles. The van der Waals surface area contributed by atoms with Crippen LogP contribution in [-0.4, -0.2) is 51.1 Å². The van der Waals surface area contributed by atoms with Crippen molar-refractivity contribution in [3.05, 3.63) is 78.2 Å². The van der Waals surface area contributed by atoms with Crippen LogP contribution >= 0.6 is 0 Å². The zero-order valence-corrected chi connectivity index (χ0v) is 19.5. The number of hydrogen-bond acceptors (Lipinski definition) is 5. The van der Waals surface area contributed by atoms with Gasteiger partial charge in [-0.2, -0.15) is 5.10 Å². The summed E-state index contributed by atoms with van der Waals surface area (Å²) in [7, 11) is 2.18. The second-order valence-corrected chi connectivity index (χ2v) is 9.23. The third-order valence-corrected chi connectivity index (χ3v) is 6.89. The van der Waals surface area contributed by atoms with Crippen molar-refractivity contribution in [2.45, 2.75) is 18.8 Å². The Morgan fingerprint density at radius 2 is 1.91 bits per heavy atom. The van der Waals surface area contributed by atoms with Crippen molar-refractivity contribution in [1.82, 2.24) is 25.1 Å². The van der Waals surface area contributed by atoms with Crippen molar-refractivity contribution in [2.24, 2.45) is 0 Å². The van der Waals surface area contributed by atoms with Gasteiger partial charge in [0, 0.05) is 40.1 Å². The lowest BCUT2D eigenvalue weighted by Crippen LogP contribution is -2.29. The monoisotopic (exact) mass is 465 g/mol. The maximum atomic E-state index is 13.3. The van der Waals surface area contributed by atoms with Gasteiger partial charge in [-0.25, -0.2) is 4.98 Å². The Bertz CT molecular complexity index is 1510. The van der Waals surface area contributed by atoms with Gasteiger partial charge in [-0.1, -0.05) is 0 Å². The number of rotatable bonds is 5. The average Bonchev–Trinajstić information content (AvgIpc) is 3.51. The summed E-state index contributed by atoms with van der Waals surface area (Å²) in [4.78, 5) is 23.5. The molecule has 176 valence electrons. The number of aromatic amines is 2. The molecule has 0 spiro atoms. The quantitative estimate of drug-likeness (QED) is 0.284. The van der Waals surface area contributed by atoms with Crippen molar-refractivity contribution in [3.63, 3.8) is 0 Å². The molecule has 2 aromatic carbocycles. The van der Waals surface area contributed by atoms with Gasteiger partial charge in [-0.15, -0.1) is 0 Å². The zero-order valence-electron chi connectivity index (χ0n) is 19.5. The highest BCUT2D eigenvalue weighted by atomic mass is 16.1. The fourth-order valence-corrected chi connectivity index (χ4v) is 4.92. The number of anilines is 3. The maximum absolute atomic E-state index is 13.3. The van der Waals surface area contributed by atoms with E-state index in [4.69, 9.17) is 0 Å². The van der Waals surface area contributed by atoms with E-state index in [2.05, 4.69) is 55.0 Å². The molecule has 6 rings (SSSR count). The van der Waals surface area contributed by atoms with E-state index in [1.807, 2.05) is 30.3 Å². The van der Waals surface area contributed by atoms with Crippen LogP contribution < -0.4 is 10.6 Å². The summed E-state index contributed by atoms with van der Waals surface area (Å²) in [5.41, 5.74) is 5.41. The molecular formula is C27H27N7O. The van der Waals surface area contributed by atoms with Crippen LogP contribution in [0.5, 0.6) is 0 Å². The molecule has 0 atom stereocenters. The first-order valence-electron chi connectivity index (χ1n) is 11.9. The van der Waals surface area contributed by atoms with E-state index in [1.165, 1.54) is 10.9 Å². The Kier molecular flexibility index (Phi) is 5.42. The molecule has 0 radical (unpaired) electrons. The number of carbonyl (C=O) groups excluding carboxylic acids is 1. The average molecular weight is 466 g/mol. The number of piperidine rings is 1. The molecule has 0 unspecified atom stereocenters. The van der Waals surface area contributed by atoms with Crippen molar-refractivity contribution in [2.75, 3.05) is 30.8 Å². The van der Waals surface area contributed by atoms with Gasteiger partial charge in [-0.3, -0.25) is 9.89 Å². The summed E-state index contributed by atoms with van der Waals surface area (Å²) in [5, 5.41) is 15.6. The van der Waals surface area contributed by atoms with Crippen LogP contribution in [-0.2, 0) is 0 Å². The van der Waals surface area contributed by atoms with Gasteiger partial charge in [0.15, 0.2) is 0 Å². The third-order valence-electron chi connectivity index (χ3n) is 6.89. The summed E-state index contributed by atoms with van der Waals surface area (Å²) in [5.74, 6) is 0.824. The molecule has 0 bridgehead atoms. The number of nitrogens with one attached hydrogen (secondary N) is 4. The lowest BCUT2D eigenvalue weighted by molar-refractivity contribution is 0.102. The number of amides is 1. The highest BCUT2D eigenvalue weighted by molar-refractivity contribution is 6.08. The van der Waals surface area contributed by atoms with E-state index < -0.39 is 0 Å². The van der Waals surface area contributed by atoms with Crippen molar-refractivity contribution in [1.29, 1.82) is 0 Å². The first-order chi connectivity index (χ1) is 17.1. The minimum atomic E-state index is -0.209. The van der Waals surface area contributed by atoms with Gasteiger partial charge in [0.05, 0.1) is 17.3 Å². The molecule has 8 heteroatoms. The highest BCUT2D eigenvalue weighted by Crippen LogP contribution is 2.34. The van der Waals surface area contributed by atoms with Crippen molar-refractivity contribution >= 4 is 44.9 Å². The Labute approximate surface area is 202 Å². The SMILES string of the molecule is CN1CCC(c2c[nH]c3ccc(NC(=O)c4cccnc4Nc4ccc5cn[nH]c5c4)cc23)CC1. The van der Waals surface area contributed by atoms with Crippen molar-refractivity contribution < 1.29 is 4.79 Å². The lowest BCUT2D eigenvalue weighted by atomic mass is 9.89. The van der Waals surface area contributed by atoms with E-state index in [1.54, 1.807) is 24.5 Å². The van der Waals surface area contributed by atoms with E-state index in [0.29, 0.717) is 17.3 Å². The number of nitrogens with zero attached hydrogens (tertiary/aromatic N) is 3. The smallest absolute Gasteiger partial charge is 0.259 e. The number of H-pyrrole nitrogens is 2. The van der Waals surface area contributed by atoms with Crippen LogP contribution in [0.2, 0.25) is 0 Å². The number of hydrogen-bond donors (Lipinski definition) is 4. The molecule has 1 aliphatic heterocycles. The van der Waals surface area contributed by atoms with Gasteiger partial charge in [-0.05, 0) is 93.0 Å². The summed E-state index contributed by atoms with van der Waals surface area (Å²) < 4.78 is 0. The number of pyridine rings is 1. The van der Waals surface area contributed by atoms with E-state index >= 15 is 0 Å². The summed E-state index contributed by atoms with van der Waals surface area (Å²) in [6.45, 7) is 2.22. The number of aromatic nitrogens is 4. The molecule has 3 aromatic heterocycles. The minimum absolute atomic E-state index is 0.209.